The van der Waals surface area contributed by atoms with Crippen LogP contribution in [0.3, 0.4) is 0 Å². The lowest BCUT2D eigenvalue weighted by atomic mass is 10.0. The number of fused-ring (bicyclic) bond motifs is 1. The van der Waals surface area contributed by atoms with Crippen LogP contribution in [0.2, 0.25) is 0 Å². The summed E-state index contributed by atoms with van der Waals surface area (Å²) in [6, 6.07) is 4.13. The smallest absolute Gasteiger partial charge is 0.406 e. The summed E-state index contributed by atoms with van der Waals surface area (Å²) in [4.78, 5) is 18.8. The number of aromatic nitrogens is 1. The van der Waals surface area contributed by atoms with Crippen molar-refractivity contribution in [2.24, 2.45) is 0 Å². The predicted octanol–water partition coefficient (Wildman–Crippen LogP) is 4.69. The Bertz CT molecular complexity index is 802. The number of benzene rings is 1. The van der Waals surface area contributed by atoms with Crippen molar-refractivity contribution in [3.05, 3.63) is 39.8 Å². The van der Waals surface area contributed by atoms with Gasteiger partial charge in [-0.1, -0.05) is 13.8 Å². The van der Waals surface area contributed by atoms with E-state index in [0.717, 1.165) is 10.7 Å². The molecule has 1 aromatic carbocycles. The number of thiazole rings is 1. The van der Waals surface area contributed by atoms with Crippen molar-refractivity contribution in [1.29, 1.82) is 0 Å². The van der Waals surface area contributed by atoms with Crippen LogP contribution in [-0.2, 0) is 17.6 Å². The molecule has 4 nitrogen and oxygen atoms in total. The van der Waals surface area contributed by atoms with E-state index in [0.29, 0.717) is 36.6 Å². The van der Waals surface area contributed by atoms with Gasteiger partial charge >= 0.3 is 6.36 Å². The van der Waals surface area contributed by atoms with Crippen LogP contribution >= 0.6 is 11.3 Å². The van der Waals surface area contributed by atoms with E-state index in [1.807, 2.05) is 19.2 Å². The molecule has 8 heteroatoms. The number of halogens is 3. The molecule has 0 N–H and O–H groups in total. The molecule has 0 saturated heterocycles. The maximum atomic E-state index is 12.7. The molecule has 1 aliphatic rings. The van der Waals surface area contributed by atoms with E-state index in [1.165, 1.54) is 29.5 Å². The highest BCUT2D eigenvalue weighted by atomic mass is 32.1. The molecule has 1 amide bonds. The highest BCUT2D eigenvalue weighted by molar-refractivity contribution is 7.09. The molecule has 0 spiro atoms. The number of hydrogen-bond acceptors (Lipinski definition) is 4. The van der Waals surface area contributed by atoms with E-state index in [1.54, 1.807) is 4.90 Å². The van der Waals surface area contributed by atoms with Gasteiger partial charge in [-0.2, -0.15) is 0 Å². The van der Waals surface area contributed by atoms with Crippen LogP contribution in [0.5, 0.6) is 5.75 Å². The summed E-state index contributed by atoms with van der Waals surface area (Å²) in [5.74, 6) is -0.0470. The fraction of sp³-hybridized carbons (Fsp3) is 0.444. The molecule has 2 aromatic rings. The third-order valence-corrected chi connectivity index (χ3v) is 5.29. The molecule has 0 atom stereocenters. The molecular formula is C18H19F3N2O2S. The topological polar surface area (TPSA) is 42.4 Å². The number of amides is 1. The summed E-state index contributed by atoms with van der Waals surface area (Å²) >= 11 is 1.53. The minimum atomic E-state index is -4.73. The number of carbonyl (C=O) groups is 1. The third kappa shape index (κ3) is 4.35. The van der Waals surface area contributed by atoms with Crippen LogP contribution in [-0.4, -0.2) is 23.8 Å². The molecule has 3 rings (SSSR count). The normalized spacial score (nSPS) is 14.5. The van der Waals surface area contributed by atoms with Crippen molar-refractivity contribution in [3.8, 4) is 5.75 Å². The Morgan fingerprint density at radius 3 is 2.81 bits per heavy atom. The number of carbonyl (C=O) groups excluding carboxylic acids is 1. The van der Waals surface area contributed by atoms with Crippen molar-refractivity contribution in [3.63, 3.8) is 0 Å². The largest absolute Gasteiger partial charge is 0.573 e. The zero-order valence-electron chi connectivity index (χ0n) is 14.5. The number of ether oxygens (including phenoxy) is 1. The zero-order valence-corrected chi connectivity index (χ0v) is 15.3. The second-order valence-corrected chi connectivity index (χ2v) is 7.39. The van der Waals surface area contributed by atoms with Crippen LogP contribution in [0.15, 0.2) is 23.6 Å². The van der Waals surface area contributed by atoms with E-state index in [2.05, 4.69) is 9.72 Å². The monoisotopic (exact) mass is 384 g/mol. The molecule has 1 aromatic heterocycles. The summed E-state index contributed by atoms with van der Waals surface area (Å²) in [5.41, 5.74) is 2.07. The van der Waals surface area contributed by atoms with Crippen molar-refractivity contribution >= 4 is 22.9 Å². The van der Waals surface area contributed by atoms with Gasteiger partial charge in [-0.15, -0.1) is 24.5 Å². The minimum absolute atomic E-state index is 0.101. The van der Waals surface area contributed by atoms with E-state index < -0.39 is 6.36 Å². The van der Waals surface area contributed by atoms with Gasteiger partial charge in [0.25, 0.3) is 0 Å². The molecule has 0 bridgehead atoms. The van der Waals surface area contributed by atoms with Gasteiger partial charge in [0.05, 0.1) is 17.1 Å². The van der Waals surface area contributed by atoms with Gasteiger partial charge < -0.3 is 9.64 Å². The molecule has 0 radical (unpaired) electrons. The molecule has 0 saturated carbocycles. The molecule has 1 aliphatic heterocycles. The third-order valence-electron chi connectivity index (χ3n) is 4.10. The van der Waals surface area contributed by atoms with Crippen LogP contribution in [0, 0.1) is 0 Å². The van der Waals surface area contributed by atoms with E-state index >= 15 is 0 Å². The van der Waals surface area contributed by atoms with Crippen LogP contribution in [0.1, 0.15) is 42.5 Å². The van der Waals surface area contributed by atoms with Crippen molar-refractivity contribution in [2.45, 2.75) is 45.4 Å². The molecule has 0 fully saturated rings. The summed E-state index contributed by atoms with van der Waals surface area (Å²) in [7, 11) is 0. The first-order chi connectivity index (χ1) is 12.2. The fourth-order valence-electron chi connectivity index (χ4n) is 2.95. The number of alkyl halides is 3. The molecule has 2 heterocycles. The second kappa shape index (κ2) is 7.26. The summed E-state index contributed by atoms with van der Waals surface area (Å²) in [6.07, 6.45) is -3.23. The Kier molecular flexibility index (Phi) is 5.22. The van der Waals surface area contributed by atoms with E-state index in [4.69, 9.17) is 0 Å². The maximum Gasteiger partial charge on any atom is 0.573 e. The predicted molar refractivity (Wildman–Crippen MR) is 93.7 cm³/mol. The number of hydrogen-bond donors (Lipinski definition) is 0. The molecule has 140 valence electrons. The highest BCUT2D eigenvalue weighted by Crippen LogP contribution is 2.33. The average Bonchev–Trinajstić information content (AvgIpc) is 3.01. The first-order valence-corrected chi connectivity index (χ1v) is 9.24. The summed E-state index contributed by atoms with van der Waals surface area (Å²) in [6.45, 7) is 4.64. The molecule has 26 heavy (non-hydrogen) atoms. The Labute approximate surface area is 153 Å². The molecule has 0 unspecified atom stereocenters. The number of rotatable bonds is 4. The van der Waals surface area contributed by atoms with Gasteiger partial charge in [0.1, 0.15) is 5.75 Å². The molecule has 0 aliphatic carbocycles. The SMILES string of the molecule is CC(C)c1nc(CC(=O)N2CCCc3cc(OC(F)(F)F)ccc32)cs1. The number of aryl methyl sites for hydroxylation is 1. The van der Waals surface area contributed by atoms with Gasteiger partial charge in [-0.3, -0.25) is 4.79 Å². The van der Waals surface area contributed by atoms with Gasteiger partial charge in [-0.25, -0.2) is 4.98 Å². The molecular weight excluding hydrogens is 365 g/mol. The summed E-state index contributed by atoms with van der Waals surface area (Å²) in [5, 5.41) is 2.87. The van der Waals surface area contributed by atoms with Gasteiger partial charge in [0.15, 0.2) is 0 Å². The van der Waals surface area contributed by atoms with Crippen LogP contribution in [0.4, 0.5) is 18.9 Å². The maximum absolute atomic E-state index is 12.7. The lowest BCUT2D eigenvalue weighted by Gasteiger charge is -2.29. The summed E-state index contributed by atoms with van der Waals surface area (Å²) < 4.78 is 41.1. The quantitative estimate of drug-likeness (QED) is 0.768. The Balaban J connectivity index is 1.76. The first kappa shape index (κ1) is 18.7. The van der Waals surface area contributed by atoms with Crippen molar-refractivity contribution < 1.29 is 22.7 Å². The lowest BCUT2D eigenvalue weighted by molar-refractivity contribution is -0.274. The minimum Gasteiger partial charge on any atom is -0.406 e. The Hall–Kier alpha value is -2.09. The van der Waals surface area contributed by atoms with Gasteiger partial charge in [0, 0.05) is 23.5 Å². The highest BCUT2D eigenvalue weighted by Gasteiger charge is 2.32. The van der Waals surface area contributed by atoms with Crippen LogP contribution in [0.25, 0.3) is 0 Å². The fourth-order valence-corrected chi connectivity index (χ4v) is 3.78. The second-order valence-electron chi connectivity index (χ2n) is 6.50. The number of anilines is 1. The van der Waals surface area contributed by atoms with E-state index in [-0.39, 0.29) is 18.1 Å². The van der Waals surface area contributed by atoms with E-state index in [9.17, 15) is 18.0 Å². The lowest BCUT2D eigenvalue weighted by Crippen LogP contribution is -2.36. The number of nitrogens with zero attached hydrogens (tertiary/aromatic N) is 2. The Morgan fingerprint density at radius 2 is 2.15 bits per heavy atom. The van der Waals surface area contributed by atoms with Crippen LogP contribution < -0.4 is 9.64 Å². The van der Waals surface area contributed by atoms with Crippen molar-refractivity contribution in [2.75, 3.05) is 11.4 Å². The average molecular weight is 384 g/mol. The Morgan fingerprint density at radius 1 is 1.38 bits per heavy atom. The zero-order chi connectivity index (χ0) is 18.9. The van der Waals surface area contributed by atoms with Crippen molar-refractivity contribution in [1.82, 2.24) is 4.98 Å². The van der Waals surface area contributed by atoms with Gasteiger partial charge in [0.2, 0.25) is 5.91 Å². The first-order valence-electron chi connectivity index (χ1n) is 8.36. The standard InChI is InChI=1S/C18H19F3N2O2S/c1-11(2)17-22-13(10-26-17)9-16(24)23-7-3-4-12-8-14(5-6-15(12)23)25-18(19,20)21/h5-6,8,10-11H,3-4,7,9H2,1-2H3. The van der Waals surface area contributed by atoms with Gasteiger partial charge in [-0.05, 0) is 36.6 Å².